The van der Waals surface area contributed by atoms with Crippen molar-refractivity contribution in [3.63, 3.8) is 0 Å². The van der Waals surface area contributed by atoms with Crippen LogP contribution in [0, 0.1) is 13.8 Å². The molecule has 1 aromatic heterocycles. The normalized spacial score (nSPS) is 11.4. The molecular weight excluding hydrogens is 364 g/mol. The number of sulfonamides is 1. The van der Waals surface area contributed by atoms with Gasteiger partial charge in [0.25, 0.3) is 10.0 Å². The van der Waals surface area contributed by atoms with Gasteiger partial charge >= 0.3 is 0 Å². The molecule has 0 saturated carbocycles. The van der Waals surface area contributed by atoms with Crippen LogP contribution in [0.5, 0.6) is 0 Å². The standard InChI is InChI=1S/C13H12BrClN2O2S/c1-8-3-4-12(9(2)5-8)17-20(18,19)10-6-11(14)13(15)16-7-10/h3-7,17H,1-2H3. The van der Waals surface area contributed by atoms with Gasteiger partial charge in [0.05, 0.1) is 10.2 Å². The number of hydrogen-bond donors (Lipinski definition) is 1. The Morgan fingerprint density at radius 2 is 1.95 bits per heavy atom. The minimum Gasteiger partial charge on any atom is -0.279 e. The molecule has 0 unspecified atom stereocenters. The number of nitrogens with zero attached hydrogens (tertiary/aromatic N) is 1. The van der Waals surface area contributed by atoms with Gasteiger partial charge in [0.2, 0.25) is 0 Å². The van der Waals surface area contributed by atoms with E-state index in [0.29, 0.717) is 10.2 Å². The number of aryl methyl sites for hydroxylation is 2. The monoisotopic (exact) mass is 374 g/mol. The second kappa shape index (κ2) is 5.71. The van der Waals surface area contributed by atoms with Gasteiger partial charge in [0, 0.05) is 6.20 Å². The van der Waals surface area contributed by atoms with Crippen molar-refractivity contribution < 1.29 is 8.42 Å². The maximum atomic E-state index is 12.3. The summed E-state index contributed by atoms with van der Waals surface area (Å²) in [6.07, 6.45) is 1.22. The molecule has 0 radical (unpaired) electrons. The molecule has 1 N–H and O–H groups in total. The van der Waals surface area contributed by atoms with Crippen LogP contribution in [0.3, 0.4) is 0 Å². The Hall–Kier alpha value is -1.11. The minimum atomic E-state index is -3.69. The highest BCUT2D eigenvalue weighted by Gasteiger charge is 2.17. The van der Waals surface area contributed by atoms with Crippen LogP contribution in [0.25, 0.3) is 0 Å². The lowest BCUT2D eigenvalue weighted by molar-refractivity contribution is 0.600. The number of anilines is 1. The first kappa shape index (κ1) is 15.3. The minimum absolute atomic E-state index is 0.0498. The zero-order valence-corrected chi connectivity index (χ0v) is 14.0. The number of aromatic nitrogens is 1. The van der Waals surface area contributed by atoms with Crippen LogP contribution in [0.1, 0.15) is 11.1 Å². The number of benzene rings is 1. The van der Waals surface area contributed by atoms with Crippen LogP contribution >= 0.6 is 27.5 Å². The van der Waals surface area contributed by atoms with E-state index in [0.717, 1.165) is 11.1 Å². The summed E-state index contributed by atoms with van der Waals surface area (Å²) < 4.78 is 27.6. The Morgan fingerprint density at radius 1 is 1.25 bits per heavy atom. The van der Waals surface area contributed by atoms with Crippen molar-refractivity contribution in [1.82, 2.24) is 4.98 Å². The van der Waals surface area contributed by atoms with Crippen LogP contribution in [0.15, 0.2) is 39.8 Å². The summed E-state index contributed by atoms with van der Waals surface area (Å²) >= 11 is 8.92. The van der Waals surface area contributed by atoms with Crippen molar-refractivity contribution in [3.05, 3.63) is 51.2 Å². The van der Waals surface area contributed by atoms with Gasteiger partial charge in [0.1, 0.15) is 10.0 Å². The summed E-state index contributed by atoms with van der Waals surface area (Å²) in [4.78, 5) is 3.87. The molecule has 0 spiro atoms. The van der Waals surface area contributed by atoms with Crippen molar-refractivity contribution in [2.24, 2.45) is 0 Å². The smallest absolute Gasteiger partial charge is 0.263 e. The number of pyridine rings is 1. The molecule has 0 amide bonds. The van der Waals surface area contributed by atoms with E-state index in [1.165, 1.54) is 12.3 Å². The van der Waals surface area contributed by atoms with Crippen LogP contribution in [-0.2, 0) is 10.0 Å². The highest BCUT2D eigenvalue weighted by Crippen LogP contribution is 2.25. The van der Waals surface area contributed by atoms with E-state index in [4.69, 9.17) is 11.6 Å². The number of hydrogen-bond acceptors (Lipinski definition) is 3. The van der Waals surface area contributed by atoms with Crippen molar-refractivity contribution in [2.75, 3.05) is 4.72 Å². The molecule has 0 fully saturated rings. The van der Waals surface area contributed by atoms with E-state index in [9.17, 15) is 8.42 Å². The molecule has 0 atom stereocenters. The molecule has 0 bridgehead atoms. The van der Waals surface area contributed by atoms with Crippen molar-refractivity contribution in [1.29, 1.82) is 0 Å². The van der Waals surface area contributed by atoms with Crippen LogP contribution in [-0.4, -0.2) is 13.4 Å². The molecule has 1 aromatic carbocycles. The average molecular weight is 376 g/mol. The SMILES string of the molecule is Cc1ccc(NS(=O)(=O)c2cnc(Cl)c(Br)c2)c(C)c1. The summed E-state index contributed by atoms with van der Waals surface area (Å²) in [5, 5.41) is 0.218. The number of rotatable bonds is 3. The molecule has 2 aromatic rings. The lowest BCUT2D eigenvalue weighted by atomic mass is 10.1. The van der Waals surface area contributed by atoms with Crippen molar-refractivity contribution >= 4 is 43.2 Å². The molecule has 0 aliphatic carbocycles. The van der Waals surface area contributed by atoms with Crippen LogP contribution < -0.4 is 4.72 Å². The Balaban J connectivity index is 2.38. The third-order valence-corrected chi connectivity index (χ3v) is 5.17. The predicted octanol–water partition coefficient (Wildman–Crippen LogP) is 3.92. The lowest BCUT2D eigenvalue weighted by Crippen LogP contribution is -2.14. The summed E-state index contributed by atoms with van der Waals surface area (Å²) in [5.41, 5.74) is 2.47. The summed E-state index contributed by atoms with van der Waals surface area (Å²) in [5.74, 6) is 0. The van der Waals surface area contributed by atoms with E-state index in [1.54, 1.807) is 6.07 Å². The molecule has 106 valence electrons. The second-order valence-corrected chi connectivity index (χ2v) is 7.26. The molecular formula is C13H12BrClN2O2S. The van der Waals surface area contributed by atoms with E-state index >= 15 is 0 Å². The zero-order chi connectivity index (χ0) is 14.9. The van der Waals surface area contributed by atoms with E-state index in [2.05, 4.69) is 25.6 Å². The van der Waals surface area contributed by atoms with Gasteiger partial charge in [-0.1, -0.05) is 29.3 Å². The third kappa shape index (κ3) is 3.31. The molecule has 20 heavy (non-hydrogen) atoms. The molecule has 7 heteroatoms. The fourth-order valence-electron chi connectivity index (χ4n) is 1.68. The summed E-state index contributed by atoms with van der Waals surface area (Å²) in [6.45, 7) is 3.80. The largest absolute Gasteiger partial charge is 0.279 e. The van der Waals surface area contributed by atoms with Crippen LogP contribution in [0.4, 0.5) is 5.69 Å². The molecule has 0 aliphatic heterocycles. The fourth-order valence-corrected chi connectivity index (χ4v) is 3.39. The lowest BCUT2D eigenvalue weighted by Gasteiger charge is -2.11. The zero-order valence-electron chi connectivity index (χ0n) is 10.8. The highest BCUT2D eigenvalue weighted by atomic mass is 79.9. The number of nitrogens with one attached hydrogen (secondary N) is 1. The maximum Gasteiger partial charge on any atom is 0.263 e. The first-order chi connectivity index (χ1) is 9.29. The topological polar surface area (TPSA) is 59.1 Å². The van der Waals surface area contributed by atoms with Gasteiger partial charge in [-0.2, -0.15) is 0 Å². The number of halogens is 2. The van der Waals surface area contributed by atoms with E-state index in [1.807, 2.05) is 26.0 Å². The van der Waals surface area contributed by atoms with E-state index in [-0.39, 0.29) is 10.0 Å². The average Bonchev–Trinajstić information content (AvgIpc) is 2.36. The van der Waals surface area contributed by atoms with Gasteiger partial charge in [-0.25, -0.2) is 13.4 Å². The van der Waals surface area contributed by atoms with Gasteiger partial charge in [-0.15, -0.1) is 0 Å². The van der Waals surface area contributed by atoms with Gasteiger partial charge < -0.3 is 0 Å². The van der Waals surface area contributed by atoms with Gasteiger partial charge in [0.15, 0.2) is 0 Å². The first-order valence-electron chi connectivity index (χ1n) is 5.71. The summed E-state index contributed by atoms with van der Waals surface area (Å²) in [7, 11) is -3.69. The highest BCUT2D eigenvalue weighted by molar-refractivity contribution is 9.10. The quantitative estimate of drug-likeness (QED) is 0.827. The molecule has 0 saturated heterocycles. The first-order valence-corrected chi connectivity index (χ1v) is 8.36. The van der Waals surface area contributed by atoms with E-state index < -0.39 is 10.0 Å². The predicted molar refractivity (Wildman–Crippen MR) is 83.7 cm³/mol. The Kier molecular flexibility index (Phi) is 4.36. The second-order valence-electron chi connectivity index (χ2n) is 4.37. The fraction of sp³-hybridized carbons (Fsp3) is 0.154. The van der Waals surface area contributed by atoms with Crippen molar-refractivity contribution in [2.45, 2.75) is 18.7 Å². The van der Waals surface area contributed by atoms with Gasteiger partial charge in [-0.05, 0) is 47.5 Å². The van der Waals surface area contributed by atoms with Crippen LogP contribution in [0.2, 0.25) is 5.15 Å². The van der Waals surface area contributed by atoms with Gasteiger partial charge in [-0.3, -0.25) is 4.72 Å². The molecule has 1 heterocycles. The summed E-state index contributed by atoms with van der Waals surface area (Å²) in [6, 6.07) is 6.91. The molecule has 2 rings (SSSR count). The molecule has 4 nitrogen and oxygen atoms in total. The molecule has 0 aliphatic rings. The maximum absolute atomic E-state index is 12.3. The Labute approximate surface area is 131 Å². The Bertz CT molecular complexity index is 763. The Morgan fingerprint density at radius 3 is 2.55 bits per heavy atom. The third-order valence-electron chi connectivity index (χ3n) is 2.71. The van der Waals surface area contributed by atoms with Crippen molar-refractivity contribution in [3.8, 4) is 0 Å².